The first kappa shape index (κ1) is 25.2. The molecule has 1 amide bonds. The monoisotopic (exact) mass is 518 g/mol. The minimum Gasteiger partial charge on any atom is -0.497 e. The zero-order valence-electron chi connectivity index (χ0n) is 21.2. The molecule has 37 heavy (non-hydrogen) atoms. The molecule has 4 aromatic rings. The Morgan fingerprint density at radius 1 is 1.19 bits per heavy atom. The van der Waals surface area contributed by atoms with E-state index in [1.54, 1.807) is 7.11 Å². The van der Waals surface area contributed by atoms with Crippen LogP contribution in [0, 0.1) is 6.92 Å². The van der Waals surface area contributed by atoms with Crippen LogP contribution in [0.5, 0.6) is 5.75 Å². The fourth-order valence-corrected chi connectivity index (χ4v) is 4.92. The standard InChI is InChI=1S/C29H31ClN4O3/c1-20-11-13-34(32-20)14-12-28(35)33(19-26-4-3-15-37-26)18-23-16-22-5-8-24(30)17-27(22)31-29(23)21-6-9-25(36-2)10-7-21/h5-11,13,16-17,26H,3-4,12,14-15,18-19H2,1-2H3. The maximum absolute atomic E-state index is 13.5. The van der Waals surface area contributed by atoms with Crippen molar-refractivity contribution in [1.29, 1.82) is 0 Å². The van der Waals surface area contributed by atoms with Crippen molar-refractivity contribution in [1.82, 2.24) is 19.7 Å². The van der Waals surface area contributed by atoms with Gasteiger partial charge in [-0.05, 0) is 73.9 Å². The van der Waals surface area contributed by atoms with Crippen molar-refractivity contribution in [3.05, 3.63) is 77.1 Å². The van der Waals surface area contributed by atoms with Crippen molar-refractivity contribution in [2.45, 2.75) is 45.4 Å². The highest BCUT2D eigenvalue weighted by atomic mass is 35.5. The number of hydrogen-bond donors (Lipinski definition) is 0. The van der Waals surface area contributed by atoms with E-state index < -0.39 is 0 Å². The number of nitrogens with zero attached hydrogens (tertiary/aromatic N) is 4. The lowest BCUT2D eigenvalue weighted by Gasteiger charge is -2.27. The normalized spacial score (nSPS) is 15.3. The first-order valence-electron chi connectivity index (χ1n) is 12.6. The number of hydrogen-bond acceptors (Lipinski definition) is 5. The van der Waals surface area contributed by atoms with E-state index in [1.807, 2.05) is 71.2 Å². The average Bonchev–Trinajstić information content (AvgIpc) is 3.58. The number of amides is 1. The maximum atomic E-state index is 13.5. The molecule has 1 unspecified atom stereocenters. The van der Waals surface area contributed by atoms with E-state index in [0.717, 1.165) is 58.6 Å². The predicted octanol–water partition coefficient (Wildman–Crippen LogP) is 5.67. The SMILES string of the molecule is COc1ccc(-c2nc3cc(Cl)ccc3cc2CN(CC2CCCO2)C(=O)CCn2ccc(C)n2)cc1. The molecule has 3 heterocycles. The number of rotatable bonds is 9. The third-order valence-electron chi connectivity index (χ3n) is 6.71. The summed E-state index contributed by atoms with van der Waals surface area (Å²) in [5.74, 6) is 0.846. The van der Waals surface area contributed by atoms with Crippen molar-refractivity contribution >= 4 is 28.4 Å². The van der Waals surface area contributed by atoms with Crippen molar-refractivity contribution in [2.75, 3.05) is 20.3 Å². The molecule has 0 bridgehead atoms. The van der Waals surface area contributed by atoms with Crippen molar-refractivity contribution < 1.29 is 14.3 Å². The van der Waals surface area contributed by atoms with Gasteiger partial charge in [0.05, 0.1) is 30.1 Å². The molecule has 2 aromatic carbocycles. The summed E-state index contributed by atoms with van der Waals surface area (Å²) in [6.07, 6.45) is 4.30. The molecule has 0 saturated carbocycles. The number of aromatic nitrogens is 3. The number of aryl methyl sites for hydroxylation is 2. The Hall–Kier alpha value is -3.42. The number of carbonyl (C=O) groups is 1. The lowest BCUT2D eigenvalue weighted by Crippen LogP contribution is -2.37. The van der Waals surface area contributed by atoms with E-state index in [9.17, 15) is 4.79 Å². The fourth-order valence-electron chi connectivity index (χ4n) is 4.75. The number of methoxy groups -OCH3 is 1. The molecular formula is C29H31ClN4O3. The highest BCUT2D eigenvalue weighted by molar-refractivity contribution is 6.31. The molecule has 1 atom stereocenters. The Kier molecular flexibility index (Phi) is 7.72. The molecule has 192 valence electrons. The molecule has 1 fully saturated rings. The van der Waals surface area contributed by atoms with Crippen molar-refractivity contribution in [3.63, 3.8) is 0 Å². The van der Waals surface area contributed by atoms with Crippen LogP contribution in [-0.4, -0.2) is 51.9 Å². The molecule has 8 heteroatoms. The third-order valence-corrected chi connectivity index (χ3v) is 6.95. The van der Waals surface area contributed by atoms with Gasteiger partial charge in [-0.15, -0.1) is 0 Å². The van der Waals surface area contributed by atoms with Gasteiger partial charge >= 0.3 is 0 Å². The quantitative estimate of drug-likeness (QED) is 0.286. The number of fused-ring (bicyclic) bond motifs is 1. The summed E-state index contributed by atoms with van der Waals surface area (Å²) in [5.41, 5.74) is 4.50. The highest BCUT2D eigenvalue weighted by Crippen LogP contribution is 2.30. The Morgan fingerprint density at radius 3 is 2.73 bits per heavy atom. The summed E-state index contributed by atoms with van der Waals surface area (Å²) >= 11 is 6.27. The molecule has 0 aliphatic carbocycles. The molecule has 0 spiro atoms. The number of pyridine rings is 1. The van der Waals surface area contributed by atoms with Gasteiger partial charge in [0.1, 0.15) is 5.75 Å². The first-order valence-corrected chi connectivity index (χ1v) is 13.0. The molecule has 7 nitrogen and oxygen atoms in total. The molecule has 1 saturated heterocycles. The van der Waals surface area contributed by atoms with Crippen LogP contribution in [0.4, 0.5) is 0 Å². The van der Waals surface area contributed by atoms with Gasteiger partial charge in [-0.3, -0.25) is 9.48 Å². The largest absolute Gasteiger partial charge is 0.497 e. The predicted molar refractivity (Wildman–Crippen MR) is 145 cm³/mol. The van der Waals surface area contributed by atoms with Crippen LogP contribution in [0.3, 0.4) is 0 Å². The summed E-state index contributed by atoms with van der Waals surface area (Å²) in [5, 5.41) is 6.04. The first-order chi connectivity index (χ1) is 18.0. The minimum absolute atomic E-state index is 0.0487. The van der Waals surface area contributed by atoms with E-state index in [1.165, 1.54) is 0 Å². The van der Waals surface area contributed by atoms with Gasteiger partial charge in [-0.25, -0.2) is 4.98 Å². The third kappa shape index (κ3) is 6.12. The van der Waals surface area contributed by atoms with E-state index in [0.29, 0.717) is 31.1 Å². The smallest absolute Gasteiger partial charge is 0.224 e. The van der Waals surface area contributed by atoms with Crippen LogP contribution in [0.15, 0.2) is 60.8 Å². The van der Waals surface area contributed by atoms with Crippen LogP contribution in [0.2, 0.25) is 5.02 Å². The highest BCUT2D eigenvalue weighted by Gasteiger charge is 2.24. The van der Waals surface area contributed by atoms with Crippen molar-refractivity contribution in [3.8, 4) is 17.0 Å². The van der Waals surface area contributed by atoms with E-state index in [-0.39, 0.29) is 12.0 Å². The second kappa shape index (κ2) is 11.3. The van der Waals surface area contributed by atoms with Gasteiger partial charge in [-0.1, -0.05) is 17.7 Å². The van der Waals surface area contributed by atoms with Crippen LogP contribution < -0.4 is 4.74 Å². The lowest BCUT2D eigenvalue weighted by atomic mass is 10.0. The summed E-state index contributed by atoms with van der Waals surface area (Å²) < 4.78 is 13.1. The van der Waals surface area contributed by atoms with E-state index in [2.05, 4.69) is 11.2 Å². The molecule has 1 aliphatic heterocycles. The van der Waals surface area contributed by atoms with Gasteiger partial charge in [0.25, 0.3) is 0 Å². The molecule has 2 aromatic heterocycles. The topological polar surface area (TPSA) is 69.5 Å². The maximum Gasteiger partial charge on any atom is 0.224 e. The summed E-state index contributed by atoms with van der Waals surface area (Å²) in [6, 6.07) is 17.6. The molecule has 0 radical (unpaired) electrons. The van der Waals surface area contributed by atoms with Gasteiger partial charge in [0, 0.05) is 54.8 Å². The Morgan fingerprint density at radius 2 is 2.03 bits per heavy atom. The Labute approximate surface area is 222 Å². The lowest BCUT2D eigenvalue weighted by molar-refractivity contribution is -0.133. The zero-order valence-corrected chi connectivity index (χ0v) is 21.9. The number of benzene rings is 2. The van der Waals surface area contributed by atoms with E-state index in [4.69, 9.17) is 26.1 Å². The Bertz CT molecular complexity index is 1380. The molecular weight excluding hydrogens is 488 g/mol. The fraction of sp³-hybridized carbons (Fsp3) is 0.345. The zero-order chi connectivity index (χ0) is 25.8. The van der Waals surface area contributed by atoms with Crippen LogP contribution in [0.1, 0.15) is 30.5 Å². The van der Waals surface area contributed by atoms with Crippen LogP contribution >= 0.6 is 11.6 Å². The molecule has 1 aliphatic rings. The van der Waals surface area contributed by atoms with Crippen LogP contribution in [-0.2, 0) is 22.6 Å². The van der Waals surface area contributed by atoms with Crippen molar-refractivity contribution in [2.24, 2.45) is 0 Å². The second-order valence-electron chi connectivity index (χ2n) is 9.44. The average molecular weight is 519 g/mol. The summed E-state index contributed by atoms with van der Waals surface area (Å²) in [7, 11) is 1.65. The number of carbonyl (C=O) groups excluding carboxylic acids is 1. The summed E-state index contributed by atoms with van der Waals surface area (Å²) in [6.45, 7) is 4.22. The van der Waals surface area contributed by atoms with E-state index >= 15 is 0 Å². The van der Waals surface area contributed by atoms with Gasteiger partial charge in [0.2, 0.25) is 5.91 Å². The Balaban J connectivity index is 1.48. The minimum atomic E-state index is 0.0487. The molecule has 5 rings (SSSR count). The van der Waals surface area contributed by atoms with Gasteiger partial charge in [-0.2, -0.15) is 5.10 Å². The van der Waals surface area contributed by atoms with Gasteiger partial charge in [0.15, 0.2) is 0 Å². The van der Waals surface area contributed by atoms with Gasteiger partial charge < -0.3 is 14.4 Å². The second-order valence-corrected chi connectivity index (χ2v) is 9.88. The van der Waals surface area contributed by atoms with Crippen LogP contribution in [0.25, 0.3) is 22.2 Å². The number of halogens is 1. The summed E-state index contributed by atoms with van der Waals surface area (Å²) in [4.78, 5) is 20.4. The molecule has 0 N–H and O–H groups in total. The number of ether oxygens (including phenoxy) is 2.